The van der Waals surface area contributed by atoms with Crippen LogP contribution in [0.25, 0.3) is 0 Å². The Bertz CT molecular complexity index is 664. The van der Waals surface area contributed by atoms with Gasteiger partial charge in [0.2, 0.25) is 0 Å². The van der Waals surface area contributed by atoms with Gasteiger partial charge in [-0.05, 0) is 30.5 Å². The molecule has 0 spiro atoms. The number of aryl methyl sites for hydroxylation is 1. The smallest absolute Gasteiger partial charge is 0.264 e. The Kier molecular flexibility index (Phi) is 6.07. The summed E-state index contributed by atoms with van der Waals surface area (Å²) in [6.07, 6.45) is -0.541. The highest BCUT2D eigenvalue weighted by atomic mass is 32.1. The molecule has 1 aromatic heterocycles. The van der Waals surface area contributed by atoms with Gasteiger partial charge in [-0.1, -0.05) is 23.8 Å². The molecule has 5 nitrogen and oxygen atoms in total. The largest absolute Gasteiger partial charge is 0.491 e. The number of piperazine rings is 1. The van der Waals surface area contributed by atoms with Gasteiger partial charge in [-0.15, -0.1) is 11.3 Å². The minimum absolute atomic E-state index is 0.109. The predicted molar refractivity (Wildman–Crippen MR) is 99.3 cm³/mol. The summed E-state index contributed by atoms with van der Waals surface area (Å²) in [4.78, 5) is 17.2. The van der Waals surface area contributed by atoms with Gasteiger partial charge < -0.3 is 14.7 Å². The molecule has 1 saturated heterocycles. The molecule has 3 rings (SSSR count). The third-order valence-electron chi connectivity index (χ3n) is 4.32. The fraction of sp³-hybridized carbons (Fsp3) is 0.421. The summed E-state index contributed by atoms with van der Waals surface area (Å²) in [6.45, 7) is 5.81. The molecule has 0 bridgehead atoms. The van der Waals surface area contributed by atoms with E-state index in [1.165, 1.54) is 16.9 Å². The molecule has 0 aliphatic carbocycles. The number of thiophene rings is 1. The first-order valence-electron chi connectivity index (χ1n) is 8.54. The van der Waals surface area contributed by atoms with Crippen molar-refractivity contribution in [2.45, 2.75) is 13.0 Å². The number of hydrogen-bond acceptors (Lipinski definition) is 5. The van der Waals surface area contributed by atoms with Gasteiger partial charge in [0.1, 0.15) is 18.5 Å². The second-order valence-electron chi connectivity index (χ2n) is 6.35. The topological polar surface area (TPSA) is 53.0 Å². The molecule has 1 aliphatic rings. The van der Waals surface area contributed by atoms with Crippen molar-refractivity contribution in [2.24, 2.45) is 0 Å². The third kappa shape index (κ3) is 5.04. The van der Waals surface area contributed by atoms with Crippen LogP contribution in [0.15, 0.2) is 41.8 Å². The molecule has 2 aromatic rings. The van der Waals surface area contributed by atoms with Crippen molar-refractivity contribution in [3.63, 3.8) is 0 Å². The van der Waals surface area contributed by atoms with Crippen LogP contribution in [0.4, 0.5) is 0 Å². The van der Waals surface area contributed by atoms with Crippen LogP contribution in [0, 0.1) is 6.92 Å². The molecule has 1 atom stereocenters. The molecule has 0 radical (unpaired) electrons. The number of ether oxygens (including phenoxy) is 1. The highest BCUT2D eigenvalue weighted by molar-refractivity contribution is 7.12. The quantitative estimate of drug-likeness (QED) is 0.859. The van der Waals surface area contributed by atoms with Crippen LogP contribution in [0.3, 0.4) is 0 Å². The van der Waals surface area contributed by atoms with Gasteiger partial charge in [0.25, 0.3) is 5.91 Å². The highest BCUT2D eigenvalue weighted by Gasteiger charge is 2.23. The summed E-state index contributed by atoms with van der Waals surface area (Å²) in [5.41, 5.74) is 1.18. The van der Waals surface area contributed by atoms with Gasteiger partial charge >= 0.3 is 0 Å². The summed E-state index contributed by atoms with van der Waals surface area (Å²) in [7, 11) is 0. The number of nitrogens with zero attached hydrogens (tertiary/aromatic N) is 2. The van der Waals surface area contributed by atoms with Crippen molar-refractivity contribution in [3.05, 3.63) is 52.2 Å². The summed E-state index contributed by atoms with van der Waals surface area (Å²) in [6, 6.07) is 11.6. The Morgan fingerprint density at radius 2 is 1.92 bits per heavy atom. The molecule has 25 heavy (non-hydrogen) atoms. The summed E-state index contributed by atoms with van der Waals surface area (Å²) in [5.74, 6) is 0.883. The number of benzene rings is 1. The van der Waals surface area contributed by atoms with Crippen LogP contribution in [0.1, 0.15) is 15.2 Å². The number of hydrogen-bond donors (Lipinski definition) is 1. The fourth-order valence-electron chi connectivity index (χ4n) is 2.87. The Balaban J connectivity index is 1.39. The molecule has 0 saturated carbocycles. The number of aliphatic hydroxyl groups is 1. The molecule has 1 unspecified atom stereocenters. The van der Waals surface area contributed by atoms with Gasteiger partial charge in [-0.3, -0.25) is 9.69 Å². The van der Waals surface area contributed by atoms with Crippen LogP contribution in [-0.2, 0) is 0 Å². The maximum Gasteiger partial charge on any atom is 0.264 e. The van der Waals surface area contributed by atoms with E-state index in [0.29, 0.717) is 19.6 Å². The van der Waals surface area contributed by atoms with Crippen molar-refractivity contribution in [2.75, 3.05) is 39.3 Å². The van der Waals surface area contributed by atoms with Gasteiger partial charge in [-0.25, -0.2) is 0 Å². The molecule has 1 amide bonds. The number of aliphatic hydroxyl groups excluding tert-OH is 1. The van der Waals surface area contributed by atoms with E-state index in [4.69, 9.17) is 4.74 Å². The number of β-amino-alcohol motifs (C(OH)–C–C–N with tert-alkyl or cyclic N) is 1. The average Bonchev–Trinajstić information content (AvgIpc) is 3.16. The Labute approximate surface area is 152 Å². The molecule has 1 fully saturated rings. The standard InChI is InChI=1S/C19H24N2O3S/c1-15-4-6-17(7-5-15)24-14-16(22)13-20-8-10-21(11-9-20)19(23)18-3-2-12-25-18/h2-7,12,16,22H,8-11,13-14H2,1H3. The number of carbonyl (C=O) groups is 1. The molecule has 6 heteroatoms. The zero-order chi connectivity index (χ0) is 17.6. The van der Waals surface area contributed by atoms with Crippen molar-refractivity contribution < 1.29 is 14.6 Å². The first-order chi connectivity index (χ1) is 12.1. The van der Waals surface area contributed by atoms with Gasteiger partial charge in [0.15, 0.2) is 0 Å². The van der Waals surface area contributed by atoms with E-state index < -0.39 is 6.10 Å². The molecular formula is C19H24N2O3S. The molecule has 134 valence electrons. The highest BCUT2D eigenvalue weighted by Crippen LogP contribution is 2.15. The van der Waals surface area contributed by atoms with Crippen molar-refractivity contribution in [3.8, 4) is 5.75 Å². The van der Waals surface area contributed by atoms with Crippen LogP contribution >= 0.6 is 11.3 Å². The van der Waals surface area contributed by atoms with Crippen LogP contribution in [0.2, 0.25) is 0 Å². The van der Waals surface area contributed by atoms with Crippen LogP contribution in [-0.4, -0.2) is 66.2 Å². The lowest BCUT2D eigenvalue weighted by molar-refractivity contribution is 0.0406. The van der Waals surface area contributed by atoms with Crippen molar-refractivity contribution in [1.82, 2.24) is 9.80 Å². The lowest BCUT2D eigenvalue weighted by Crippen LogP contribution is -2.50. The van der Waals surface area contributed by atoms with E-state index in [-0.39, 0.29) is 12.5 Å². The Morgan fingerprint density at radius 1 is 1.20 bits per heavy atom. The first-order valence-corrected chi connectivity index (χ1v) is 9.42. The Morgan fingerprint density at radius 3 is 2.56 bits per heavy atom. The summed E-state index contributed by atoms with van der Waals surface area (Å²) >= 11 is 1.48. The molecule has 2 heterocycles. The monoisotopic (exact) mass is 360 g/mol. The minimum Gasteiger partial charge on any atom is -0.491 e. The second-order valence-corrected chi connectivity index (χ2v) is 7.30. The predicted octanol–water partition coefficient (Wildman–Crippen LogP) is 2.25. The maximum absolute atomic E-state index is 12.3. The van der Waals surface area contributed by atoms with E-state index in [1.54, 1.807) is 0 Å². The zero-order valence-electron chi connectivity index (χ0n) is 14.4. The van der Waals surface area contributed by atoms with Crippen LogP contribution < -0.4 is 4.74 Å². The number of carbonyl (C=O) groups excluding carboxylic acids is 1. The fourth-order valence-corrected chi connectivity index (χ4v) is 3.56. The van der Waals surface area contributed by atoms with Crippen molar-refractivity contribution >= 4 is 17.2 Å². The summed E-state index contributed by atoms with van der Waals surface area (Å²) in [5, 5.41) is 12.1. The lowest BCUT2D eigenvalue weighted by Gasteiger charge is -2.35. The molecule has 1 N–H and O–H groups in total. The zero-order valence-corrected chi connectivity index (χ0v) is 15.2. The van der Waals surface area contributed by atoms with E-state index in [2.05, 4.69) is 4.90 Å². The van der Waals surface area contributed by atoms with E-state index in [9.17, 15) is 9.90 Å². The number of amides is 1. The maximum atomic E-state index is 12.3. The summed E-state index contributed by atoms with van der Waals surface area (Å²) < 4.78 is 5.63. The third-order valence-corrected chi connectivity index (χ3v) is 5.18. The van der Waals surface area contributed by atoms with E-state index in [1.807, 2.05) is 53.6 Å². The lowest BCUT2D eigenvalue weighted by atomic mass is 10.2. The first kappa shape index (κ1) is 17.9. The average molecular weight is 360 g/mol. The van der Waals surface area contributed by atoms with E-state index in [0.717, 1.165) is 23.7 Å². The van der Waals surface area contributed by atoms with E-state index >= 15 is 0 Å². The normalized spacial score (nSPS) is 16.6. The molecule has 1 aromatic carbocycles. The van der Waals surface area contributed by atoms with Crippen LogP contribution in [0.5, 0.6) is 5.75 Å². The van der Waals surface area contributed by atoms with Gasteiger partial charge in [0.05, 0.1) is 4.88 Å². The van der Waals surface area contributed by atoms with Crippen molar-refractivity contribution in [1.29, 1.82) is 0 Å². The number of rotatable bonds is 6. The SMILES string of the molecule is Cc1ccc(OCC(O)CN2CCN(C(=O)c3cccs3)CC2)cc1. The van der Waals surface area contributed by atoms with Gasteiger partial charge in [0, 0.05) is 32.7 Å². The second kappa shape index (κ2) is 8.47. The Hall–Kier alpha value is -1.89. The van der Waals surface area contributed by atoms with Gasteiger partial charge in [-0.2, -0.15) is 0 Å². The molecule has 1 aliphatic heterocycles. The molecular weight excluding hydrogens is 336 g/mol. The minimum atomic E-state index is -0.541.